The minimum atomic E-state index is -0.0479. The van der Waals surface area contributed by atoms with Gasteiger partial charge in [0.25, 0.3) is 0 Å². The Morgan fingerprint density at radius 3 is 3.10 bits per heavy atom. The van der Waals surface area contributed by atoms with Crippen molar-refractivity contribution in [1.82, 2.24) is 14.5 Å². The Labute approximate surface area is 122 Å². The highest BCUT2D eigenvalue weighted by Gasteiger charge is 2.27. The molecule has 108 valence electrons. The van der Waals surface area contributed by atoms with Gasteiger partial charge in [0.2, 0.25) is 0 Å². The Hall–Kier alpha value is -1.11. The Morgan fingerprint density at radius 1 is 1.45 bits per heavy atom. The van der Waals surface area contributed by atoms with Crippen LogP contribution in [0.25, 0.3) is 11.0 Å². The van der Waals surface area contributed by atoms with E-state index in [-0.39, 0.29) is 18.9 Å². The van der Waals surface area contributed by atoms with Crippen LogP contribution in [0.1, 0.15) is 32.4 Å². The maximum absolute atomic E-state index is 9.17. The molecule has 2 atom stereocenters. The van der Waals surface area contributed by atoms with Crippen molar-refractivity contribution in [3.8, 4) is 0 Å². The molecule has 0 aromatic carbocycles. The van der Waals surface area contributed by atoms with Crippen molar-refractivity contribution >= 4 is 22.8 Å². The van der Waals surface area contributed by atoms with Crippen LogP contribution in [-0.2, 0) is 4.74 Å². The van der Waals surface area contributed by atoms with Gasteiger partial charge in [-0.1, -0.05) is 6.92 Å². The van der Waals surface area contributed by atoms with Gasteiger partial charge < -0.3 is 14.4 Å². The van der Waals surface area contributed by atoms with E-state index in [4.69, 9.17) is 4.74 Å². The third-order valence-corrected chi connectivity index (χ3v) is 4.73. The molecule has 3 heterocycles. The molecule has 0 aliphatic carbocycles. The molecule has 2 aromatic rings. The van der Waals surface area contributed by atoms with Crippen molar-refractivity contribution < 1.29 is 9.84 Å². The van der Waals surface area contributed by atoms with Gasteiger partial charge in [0.1, 0.15) is 23.2 Å². The lowest BCUT2D eigenvalue weighted by Gasteiger charge is -2.14. The number of nitrogens with zero attached hydrogens (tertiary/aromatic N) is 3. The first-order valence-corrected chi connectivity index (χ1v) is 8.02. The molecule has 1 N–H and O–H groups in total. The monoisotopic (exact) mass is 293 g/mol. The van der Waals surface area contributed by atoms with Crippen molar-refractivity contribution in [3.63, 3.8) is 0 Å². The molecule has 0 saturated carbocycles. The number of hydrogen-bond donors (Lipinski definition) is 1. The minimum Gasteiger partial charge on any atom is -0.394 e. The number of thioether (sulfide) groups is 1. The summed E-state index contributed by atoms with van der Waals surface area (Å²) in [6, 6.07) is 2.06. The second-order valence-corrected chi connectivity index (χ2v) is 6.04. The van der Waals surface area contributed by atoms with Crippen LogP contribution in [0, 0.1) is 0 Å². The average Bonchev–Trinajstić information content (AvgIpc) is 3.10. The molecule has 2 aromatic heterocycles. The summed E-state index contributed by atoms with van der Waals surface area (Å²) in [5.41, 5.74) is 0.919. The molecule has 1 saturated heterocycles. The second kappa shape index (κ2) is 6.11. The first kappa shape index (κ1) is 13.9. The van der Waals surface area contributed by atoms with Crippen LogP contribution in [0.2, 0.25) is 0 Å². The summed E-state index contributed by atoms with van der Waals surface area (Å²) in [5, 5.41) is 11.3. The number of fused-ring (bicyclic) bond motifs is 1. The van der Waals surface area contributed by atoms with Gasteiger partial charge in [0.15, 0.2) is 0 Å². The van der Waals surface area contributed by atoms with E-state index < -0.39 is 0 Å². The van der Waals surface area contributed by atoms with E-state index in [9.17, 15) is 5.11 Å². The molecule has 1 fully saturated rings. The van der Waals surface area contributed by atoms with Crippen LogP contribution >= 0.6 is 11.8 Å². The van der Waals surface area contributed by atoms with Crippen LogP contribution in [-0.4, -0.2) is 38.1 Å². The van der Waals surface area contributed by atoms with Gasteiger partial charge in [-0.15, -0.1) is 11.8 Å². The molecule has 0 amide bonds. The highest BCUT2D eigenvalue weighted by atomic mass is 32.2. The van der Waals surface area contributed by atoms with E-state index in [2.05, 4.69) is 27.5 Å². The van der Waals surface area contributed by atoms with Crippen molar-refractivity contribution in [3.05, 3.63) is 18.6 Å². The van der Waals surface area contributed by atoms with Crippen LogP contribution < -0.4 is 0 Å². The fourth-order valence-electron chi connectivity index (χ4n) is 2.52. The summed E-state index contributed by atoms with van der Waals surface area (Å²) >= 11 is 1.77. The molecular weight excluding hydrogens is 274 g/mol. The van der Waals surface area contributed by atoms with E-state index in [0.29, 0.717) is 0 Å². The Bertz CT molecular complexity index is 587. The maximum atomic E-state index is 9.17. The van der Waals surface area contributed by atoms with Crippen molar-refractivity contribution in [2.24, 2.45) is 0 Å². The van der Waals surface area contributed by atoms with E-state index in [1.807, 2.05) is 6.20 Å². The third kappa shape index (κ3) is 2.55. The molecule has 2 unspecified atom stereocenters. The summed E-state index contributed by atoms with van der Waals surface area (Å²) in [6.45, 7) is 2.25. The van der Waals surface area contributed by atoms with Gasteiger partial charge in [0.05, 0.1) is 18.1 Å². The first-order chi connectivity index (χ1) is 9.83. The van der Waals surface area contributed by atoms with Crippen LogP contribution in [0.3, 0.4) is 0 Å². The van der Waals surface area contributed by atoms with Gasteiger partial charge in [-0.05, 0) is 31.1 Å². The number of hydrogen-bond acceptors (Lipinski definition) is 5. The topological polar surface area (TPSA) is 60.2 Å². The lowest BCUT2D eigenvalue weighted by Crippen LogP contribution is -2.14. The molecule has 6 heteroatoms. The predicted octanol–water partition coefficient (Wildman–Crippen LogP) is 2.60. The van der Waals surface area contributed by atoms with Crippen LogP contribution in [0.15, 0.2) is 23.6 Å². The zero-order chi connectivity index (χ0) is 13.9. The molecule has 0 bridgehead atoms. The lowest BCUT2D eigenvalue weighted by atomic mass is 10.2. The van der Waals surface area contributed by atoms with E-state index in [0.717, 1.165) is 41.1 Å². The smallest absolute Gasteiger partial charge is 0.146 e. The zero-order valence-electron chi connectivity index (χ0n) is 11.5. The average molecular weight is 293 g/mol. The molecule has 5 nitrogen and oxygen atoms in total. The molecular formula is C14H19N3O2S. The molecule has 0 spiro atoms. The highest BCUT2D eigenvalue weighted by Crippen LogP contribution is 2.33. The second-order valence-electron chi connectivity index (χ2n) is 4.96. The largest absolute Gasteiger partial charge is 0.394 e. The third-order valence-electron chi connectivity index (χ3n) is 3.51. The van der Waals surface area contributed by atoms with Gasteiger partial charge in [0, 0.05) is 6.20 Å². The number of aliphatic hydroxyl groups excluding tert-OH is 1. The number of ether oxygens (including phenoxy) is 1. The summed E-state index contributed by atoms with van der Waals surface area (Å²) in [6.07, 6.45) is 6.49. The predicted molar refractivity (Wildman–Crippen MR) is 78.8 cm³/mol. The van der Waals surface area contributed by atoms with Crippen molar-refractivity contribution in [2.45, 2.75) is 43.5 Å². The minimum absolute atomic E-state index is 0.0245. The fourth-order valence-corrected chi connectivity index (χ4v) is 3.35. The van der Waals surface area contributed by atoms with Crippen LogP contribution in [0.4, 0.5) is 0 Å². The van der Waals surface area contributed by atoms with Gasteiger partial charge in [-0.2, -0.15) is 0 Å². The molecule has 1 aliphatic heterocycles. The number of aliphatic hydroxyl groups is 1. The molecule has 0 radical (unpaired) electrons. The van der Waals surface area contributed by atoms with Gasteiger partial charge in [-0.3, -0.25) is 0 Å². The summed E-state index contributed by atoms with van der Waals surface area (Å²) < 4.78 is 7.89. The number of rotatable bonds is 5. The molecule has 20 heavy (non-hydrogen) atoms. The summed E-state index contributed by atoms with van der Waals surface area (Å²) in [4.78, 5) is 8.77. The van der Waals surface area contributed by atoms with Crippen molar-refractivity contribution in [1.29, 1.82) is 0 Å². The normalized spacial score (nSPS) is 22.7. The summed E-state index contributed by atoms with van der Waals surface area (Å²) in [5.74, 6) is 1.06. The Morgan fingerprint density at radius 2 is 2.35 bits per heavy atom. The quantitative estimate of drug-likeness (QED) is 0.678. The number of aromatic nitrogens is 3. The van der Waals surface area contributed by atoms with E-state index >= 15 is 0 Å². The Balaban J connectivity index is 1.90. The maximum Gasteiger partial charge on any atom is 0.146 e. The molecule has 3 rings (SSSR count). The van der Waals surface area contributed by atoms with E-state index in [1.165, 1.54) is 0 Å². The first-order valence-electron chi connectivity index (χ1n) is 7.04. The highest BCUT2D eigenvalue weighted by molar-refractivity contribution is 7.99. The van der Waals surface area contributed by atoms with E-state index in [1.54, 1.807) is 18.1 Å². The standard InChI is InChI=1S/C14H19N3O2S/c1-2-7-20-14-11-5-6-17(13(11)15-9-16-14)12-4-3-10(8-18)19-12/h5-6,9-10,12,18H,2-4,7-8H2,1H3. The Kier molecular flexibility index (Phi) is 4.24. The van der Waals surface area contributed by atoms with Gasteiger partial charge >= 0.3 is 0 Å². The SMILES string of the molecule is CCCSc1ncnc2c1ccn2C1CCC(CO)O1. The zero-order valence-corrected chi connectivity index (χ0v) is 12.3. The van der Waals surface area contributed by atoms with Crippen LogP contribution in [0.5, 0.6) is 0 Å². The summed E-state index contributed by atoms with van der Waals surface area (Å²) in [7, 11) is 0. The molecule has 1 aliphatic rings. The fraction of sp³-hybridized carbons (Fsp3) is 0.571. The lowest BCUT2D eigenvalue weighted by molar-refractivity contribution is -0.0204. The van der Waals surface area contributed by atoms with Gasteiger partial charge in [-0.25, -0.2) is 9.97 Å². The van der Waals surface area contributed by atoms with Crippen molar-refractivity contribution in [2.75, 3.05) is 12.4 Å².